The number of hydrogen-bond acceptors (Lipinski definition) is 4. The van der Waals surface area contributed by atoms with Gasteiger partial charge in [-0.25, -0.2) is 4.98 Å². The van der Waals surface area contributed by atoms with Gasteiger partial charge in [0.2, 0.25) is 0 Å². The van der Waals surface area contributed by atoms with Gasteiger partial charge >= 0.3 is 0 Å². The van der Waals surface area contributed by atoms with Crippen LogP contribution in [-0.2, 0) is 6.54 Å². The van der Waals surface area contributed by atoms with Crippen LogP contribution in [-0.4, -0.2) is 24.3 Å². The van der Waals surface area contributed by atoms with E-state index in [0.717, 1.165) is 16.7 Å². The summed E-state index contributed by atoms with van der Waals surface area (Å²) in [5.74, 6) is 0.664. The molecule has 0 radical (unpaired) electrons. The molecule has 4 rings (SSSR count). The molecule has 0 aliphatic rings. The molecule has 0 aliphatic heterocycles. The number of para-hydroxylation sites is 2. The number of nitrogens with one attached hydrogen (secondary N) is 1. The molecule has 0 unspecified atom stereocenters. The van der Waals surface area contributed by atoms with Gasteiger partial charge in [-0.05, 0) is 61.5 Å². The van der Waals surface area contributed by atoms with Crippen LogP contribution in [0, 0.1) is 18.6 Å². The lowest BCUT2D eigenvalue weighted by Gasteiger charge is -2.12. The van der Waals surface area contributed by atoms with E-state index in [0.29, 0.717) is 17.1 Å². The van der Waals surface area contributed by atoms with Crippen LogP contribution in [0.15, 0.2) is 53.5 Å². The van der Waals surface area contributed by atoms with Crippen LogP contribution in [0.4, 0.5) is 0 Å². The fraction of sp³-hybridized carbons (Fsp3) is 0.158. The van der Waals surface area contributed by atoms with Gasteiger partial charge < -0.3 is 0 Å². The normalized spacial score (nSPS) is 11.2. The summed E-state index contributed by atoms with van der Waals surface area (Å²) in [6, 6.07) is 13.7. The van der Waals surface area contributed by atoms with Crippen LogP contribution in [0.3, 0.4) is 0 Å². The standard InChI is InChI=1S/C19H17N5OS/c1-12-7-8-14(9-13(12)2)24-17(21-22-19(24)26)11-23-16-6-4-3-5-15(16)20-10-18(23)25/h3-10H,11H2,1-2H3,(H,22,26). The van der Waals surface area contributed by atoms with Crippen LogP contribution in [0.25, 0.3) is 16.7 Å². The SMILES string of the molecule is Cc1ccc(-n2c(Cn3c(=O)cnc4ccccc43)n[nH]c2=S)cc1C. The van der Waals surface area contributed by atoms with E-state index in [-0.39, 0.29) is 5.56 Å². The summed E-state index contributed by atoms with van der Waals surface area (Å²) in [5, 5.41) is 7.20. The van der Waals surface area contributed by atoms with E-state index in [4.69, 9.17) is 12.2 Å². The molecule has 0 saturated carbocycles. The first-order chi connectivity index (χ1) is 12.5. The second-order valence-corrected chi connectivity index (χ2v) is 6.61. The van der Waals surface area contributed by atoms with Crippen LogP contribution in [0.1, 0.15) is 17.0 Å². The Morgan fingerprint density at radius 2 is 1.92 bits per heavy atom. The molecular weight excluding hydrogens is 346 g/mol. The van der Waals surface area contributed by atoms with Crippen molar-refractivity contribution in [2.45, 2.75) is 20.4 Å². The van der Waals surface area contributed by atoms with Gasteiger partial charge in [0.15, 0.2) is 10.6 Å². The van der Waals surface area contributed by atoms with Crippen molar-refractivity contribution in [2.24, 2.45) is 0 Å². The number of aromatic amines is 1. The Morgan fingerprint density at radius 3 is 2.73 bits per heavy atom. The fourth-order valence-corrected chi connectivity index (χ4v) is 3.24. The molecule has 2 aromatic carbocycles. The Bertz CT molecular complexity index is 1230. The van der Waals surface area contributed by atoms with Gasteiger partial charge in [-0.1, -0.05) is 18.2 Å². The zero-order valence-corrected chi connectivity index (χ0v) is 15.2. The Hall–Kier alpha value is -3.06. The fourth-order valence-electron chi connectivity index (χ4n) is 2.99. The van der Waals surface area contributed by atoms with E-state index < -0.39 is 0 Å². The molecule has 0 atom stereocenters. The molecule has 6 nitrogen and oxygen atoms in total. The molecule has 0 bridgehead atoms. The Balaban J connectivity index is 1.87. The van der Waals surface area contributed by atoms with E-state index in [1.165, 1.54) is 17.3 Å². The summed E-state index contributed by atoms with van der Waals surface area (Å²) >= 11 is 5.42. The first-order valence-corrected chi connectivity index (χ1v) is 8.64. The maximum Gasteiger partial charge on any atom is 0.269 e. The summed E-state index contributed by atoms with van der Waals surface area (Å²) in [6.45, 7) is 4.42. The van der Waals surface area contributed by atoms with Gasteiger partial charge in [-0.2, -0.15) is 5.10 Å². The third kappa shape index (κ3) is 2.76. The van der Waals surface area contributed by atoms with Crippen LogP contribution in [0.2, 0.25) is 0 Å². The minimum absolute atomic E-state index is 0.177. The number of aromatic nitrogens is 5. The average molecular weight is 363 g/mol. The topological polar surface area (TPSA) is 68.5 Å². The molecule has 4 aromatic rings. The minimum atomic E-state index is -0.177. The molecule has 0 amide bonds. The number of rotatable bonds is 3. The molecule has 1 N–H and O–H groups in total. The van der Waals surface area contributed by atoms with E-state index in [1.54, 1.807) is 4.57 Å². The zero-order chi connectivity index (χ0) is 18.3. The number of fused-ring (bicyclic) bond motifs is 1. The van der Waals surface area contributed by atoms with Gasteiger partial charge in [0.1, 0.15) is 0 Å². The summed E-state index contributed by atoms with van der Waals surface area (Å²) in [5.41, 5.74) is 4.65. The predicted molar refractivity (Wildman–Crippen MR) is 103 cm³/mol. The number of nitrogens with zero attached hydrogens (tertiary/aromatic N) is 4. The van der Waals surface area contributed by atoms with Crippen LogP contribution >= 0.6 is 12.2 Å². The number of H-pyrrole nitrogens is 1. The second-order valence-electron chi connectivity index (χ2n) is 6.22. The summed E-state index contributed by atoms with van der Waals surface area (Å²) in [7, 11) is 0. The van der Waals surface area contributed by atoms with Gasteiger partial charge in [-0.15, -0.1) is 0 Å². The molecule has 2 aromatic heterocycles. The van der Waals surface area contributed by atoms with Crippen molar-refractivity contribution in [3.8, 4) is 5.69 Å². The summed E-state index contributed by atoms with van der Waals surface area (Å²) < 4.78 is 4.02. The monoisotopic (exact) mass is 363 g/mol. The lowest BCUT2D eigenvalue weighted by molar-refractivity contribution is 0.717. The highest BCUT2D eigenvalue weighted by Crippen LogP contribution is 2.17. The van der Waals surface area contributed by atoms with Crippen molar-refractivity contribution in [3.63, 3.8) is 0 Å². The number of aryl methyl sites for hydroxylation is 2. The van der Waals surface area contributed by atoms with Gasteiger partial charge in [0, 0.05) is 5.69 Å². The molecule has 0 aliphatic carbocycles. The van der Waals surface area contributed by atoms with Gasteiger partial charge in [0.05, 0.1) is 23.8 Å². The molecule has 26 heavy (non-hydrogen) atoms. The van der Waals surface area contributed by atoms with Crippen molar-refractivity contribution >= 4 is 23.3 Å². The Kier molecular flexibility index (Phi) is 4.00. The number of benzene rings is 2. The average Bonchev–Trinajstić information content (AvgIpc) is 3.00. The Morgan fingerprint density at radius 1 is 1.12 bits per heavy atom. The van der Waals surface area contributed by atoms with E-state index in [2.05, 4.69) is 41.2 Å². The highest BCUT2D eigenvalue weighted by molar-refractivity contribution is 7.71. The van der Waals surface area contributed by atoms with Crippen LogP contribution in [0.5, 0.6) is 0 Å². The molecule has 0 fully saturated rings. The highest BCUT2D eigenvalue weighted by Gasteiger charge is 2.12. The van der Waals surface area contributed by atoms with Crippen molar-refractivity contribution in [1.82, 2.24) is 24.3 Å². The summed E-state index contributed by atoms with van der Waals surface area (Å²) in [4.78, 5) is 16.6. The highest BCUT2D eigenvalue weighted by atomic mass is 32.1. The zero-order valence-electron chi connectivity index (χ0n) is 14.4. The van der Waals surface area contributed by atoms with Gasteiger partial charge in [-0.3, -0.25) is 19.0 Å². The molecule has 130 valence electrons. The third-order valence-electron chi connectivity index (χ3n) is 4.54. The van der Waals surface area contributed by atoms with Crippen molar-refractivity contribution < 1.29 is 0 Å². The molecule has 2 heterocycles. The number of hydrogen-bond donors (Lipinski definition) is 1. The predicted octanol–water partition coefficient (Wildman–Crippen LogP) is 3.30. The van der Waals surface area contributed by atoms with Crippen molar-refractivity contribution in [1.29, 1.82) is 0 Å². The first-order valence-electron chi connectivity index (χ1n) is 8.23. The third-order valence-corrected chi connectivity index (χ3v) is 4.82. The van der Waals surface area contributed by atoms with E-state index in [9.17, 15) is 4.79 Å². The van der Waals surface area contributed by atoms with Gasteiger partial charge in [0.25, 0.3) is 5.56 Å². The first kappa shape index (κ1) is 16.4. The lowest BCUT2D eigenvalue weighted by atomic mass is 10.1. The molecule has 0 spiro atoms. The second kappa shape index (κ2) is 6.34. The smallest absolute Gasteiger partial charge is 0.269 e. The molecule has 0 saturated heterocycles. The maximum atomic E-state index is 12.4. The van der Waals surface area contributed by atoms with Crippen molar-refractivity contribution in [3.05, 3.63) is 80.7 Å². The quantitative estimate of drug-likeness (QED) is 0.567. The maximum absolute atomic E-state index is 12.4. The largest absolute Gasteiger partial charge is 0.298 e. The lowest BCUT2D eigenvalue weighted by Crippen LogP contribution is -2.22. The minimum Gasteiger partial charge on any atom is -0.298 e. The van der Waals surface area contributed by atoms with Crippen molar-refractivity contribution in [2.75, 3.05) is 0 Å². The van der Waals surface area contributed by atoms with Crippen LogP contribution < -0.4 is 5.56 Å². The molecule has 7 heteroatoms. The van der Waals surface area contributed by atoms with E-state index >= 15 is 0 Å². The van der Waals surface area contributed by atoms with E-state index in [1.807, 2.05) is 34.9 Å². The molecular formula is C19H17N5OS. The Labute approximate surface area is 154 Å². The summed E-state index contributed by atoms with van der Waals surface area (Å²) in [6.07, 6.45) is 1.34.